The molecule has 1 aromatic carbocycles. The Balaban J connectivity index is 3.01. The van der Waals surface area contributed by atoms with E-state index in [2.05, 4.69) is 31.6 Å². The van der Waals surface area contributed by atoms with Crippen LogP contribution in [0.25, 0.3) is 0 Å². The van der Waals surface area contributed by atoms with E-state index in [1.165, 1.54) is 0 Å². The summed E-state index contributed by atoms with van der Waals surface area (Å²) in [6.45, 7) is 6.48. The molecule has 5 amide bonds. The smallest absolute Gasteiger partial charge is 0.326 e. The number of nitrogens with two attached hydrogens (primary N) is 3. The van der Waals surface area contributed by atoms with Crippen molar-refractivity contribution < 1.29 is 43.8 Å². The maximum Gasteiger partial charge on any atom is 0.326 e. The molecule has 0 unspecified atom stereocenters. The molecule has 0 radical (unpaired) electrons. The number of amides is 5. The molecule has 0 aliphatic carbocycles. The predicted molar refractivity (Wildman–Crippen MR) is 188 cm³/mol. The van der Waals surface area contributed by atoms with E-state index in [-0.39, 0.29) is 44.1 Å². The van der Waals surface area contributed by atoms with Gasteiger partial charge in [-0.05, 0) is 43.1 Å². The normalized spacial score (nSPS) is 14.4. The zero-order chi connectivity index (χ0) is 38.7. The van der Waals surface area contributed by atoms with Gasteiger partial charge in [-0.15, -0.1) is 0 Å². The molecule has 0 fully saturated rings. The van der Waals surface area contributed by atoms with Crippen LogP contribution in [-0.2, 0) is 40.0 Å². The SMILES string of the molecule is CC[C@H](C)[C@H](NC(=O)[C@H](CC(=O)O)NC(=O)[C@@H](N)Cc1ccccc1)C(=O)NCC(=O)N[C@@H](CCCN=C(N)N)C(=O)N[C@@H](CC(C)C)C(=O)O. The number of rotatable bonds is 23. The molecular weight excluding hydrogens is 666 g/mol. The molecule has 1 rings (SSSR count). The fraction of sp³-hybridized carbons (Fsp3) is 0.576. The van der Waals surface area contributed by atoms with Crippen LogP contribution in [0.1, 0.15) is 65.4 Å². The van der Waals surface area contributed by atoms with Gasteiger partial charge in [0.1, 0.15) is 24.2 Å². The third kappa shape index (κ3) is 17.3. The van der Waals surface area contributed by atoms with E-state index in [1.54, 1.807) is 58.0 Å². The van der Waals surface area contributed by atoms with Crippen molar-refractivity contribution in [3.8, 4) is 0 Å². The summed E-state index contributed by atoms with van der Waals surface area (Å²) in [7, 11) is 0. The molecule has 0 heterocycles. The molecule has 0 saturated heterocycles. The van der Waals surface area contributed by atoms with Crippen molar-refractivity contribution in [2.24, 2.45) is 34.0 Å². The zero-order valence-electron chi connectivity index (χ0n) is 29.5. The summed E-state index contributed by atoms with van der Waals surface area (Å²) < 4.78 is 0. The first kappa shape index (κ1) is 43.8. The molecule has 1 aromatic rings. The van der Waals surface area contributed by atoms with Crippen molar-refractivity contribution in [3.05, 3.63) is 35.9 Å². The zero-order valence-corrected chi connectivity index (χ0v) is 29.5. The lowest BCUT2D eigenvalue weighted by Gasteiger charge is -2.27. The Morgan fingerprint density at radius 1 is 0.804 bits per heavy atom. The number of benzene rings is 1. The second kappa shape index (κ2) is 22.5. The van der Waals surface area contributed by atoms with Crippen LogP contribution in [0, 0.1) is 11.8 Å². The number of nitrogens with one attached hydrogen (secondary N) is 5. The quantitative estimate of drug-likeness (QED) is 0.0344. The lowest BCUT2D eigenvalue weighted by atomic mass is 9.97. The highest BCUT2D eigenvalue weighted by atomic mass is 16.4. The average molecular weight is 720 g/mol. The number of hydrogen-bond acceptors (Lipinski definition) is 9. The van der Waals surface area contributed by atoms with Crippen molar-refractivity contribution in [2.75, 3.05) is 13.1 Å². The first-order valence-corrected chi connectivity index (χ1v) is 16.7. The maximum atomic E-state index is 13.3. The van der Waals surface area contributed by atoms with E-state index >= 15 is 0 Å². The first-order valence-electron chi connectivity index (χ1n) is 16.7. The Hall–Kier alpha value is -5.26. The molecule has 13 N–H and O–H groups in total. The number of carboxylic acids is 2. The first-order chi connectivity index (χ1) is 23.9. The second-order valence-electron chi connectivity index (χ2n) is 12.6. The van der Waals surface area contributed by atoms with Crippen LogP contribution >= 0.6 is 0 Å². The van der Waals surface area contributed by atoms with E-state index in [9.17, 15) is 43.8 Å². The summed E-state index contributed by atoms with van der Waals surface area (Å²) in [5.74, 6) is -7.40. The van der Waals surface area contributed by atoms with Gasteiger partial charge in [-0.25, -0.2) is 4.79 Å². The topological polar surface area (TPSA) is 311 Å². The predicted octanol–water partition coefficient (Wildman–Crippen LogP) is -1.68. The number of carbonyl (C=O) groups excluding carboxylic acids is 5. The number of aliphatic carboxylic acids is 2. The van der Waals surface area contributed by atoms with Crippen LogP contribution in [0.2, 0.25) is 0 Å². The highest BCUT2D eigenvalue weighted by molar-refractivity contribution is 5.96. The van der Waals surface area contributed by atoms with E-state index in [4.69, 9.17) is 17.2 Å². The van der Waals surface area contributed by atoms with Gasteiger partial charge in [0.25, 0.3) is 0 Å². The highest BCUT2D eigenvalue weighted by Gasteiger charge is 2.33. The van der Waals surface area contributed by atoms with Crippen molar-refractivity contribution in [3.63, 3.8) is 0 Å². The third-order valence-electron chi connectivity index (χ3n) is 7.78. The Labute approximate surface area is 297 Å². The van der Waals surface area contributed by atoms with Crippen molar-refractivity contribution in [1.29, 1.82) is 0 Å². The summed E-state index contributed by atoms with van der Waals surface area (Å²) in [5, 5.41) is 31.2. The summed E-state index contributed by atoms with van der Waals surface area (Å²) in [6.07, 6.45) is 0.156. The van der Waals surface area contributed by atoms with Gasteiger partial charge in [0.05, 0.1) is 19.0 Å². The number of nitrogens with zero attached hydrogens (tertiary/aromatic N) is 1. The van der Waals surface area contributed by atoms with Crippen molar-refractivity contribution >= 4 is 47.4 Å². The highest BCUT2D eigenvalue weighted by Crippen LogP contribution is 2.10. The van der Waals surface area contributed by atoms with Crippen LogP contribution in [0.15, 0.2) is 35.3 Å². The maximum absolute atomic E-state index is 13.3. The number of hydrogen-bond donors (Lipinski definition) is 10. The Morgan fingerprint density at radius 2 is 1.41 bits per heavy atom. The minimum atomic E-state index is -1.57. The van der Waals surface area contributed by atoms with Crippen LogP contribution in [0.4, 0.5) is 0 Å². The number of carboxylic acid groups (broad SMARTS) is 2. The molecule has 0 saturated carbocycles. The van der Waals surface area contributed by atoms with E-state index in [0.717, 1.165) is 5.56 Å². The van der Waals surface area contributed by atoms with Gasteiger partial charge in [-0.2, -0.15) is 0 Å². The summed E-state index contributed by atoms with van der Waals surface area (Å²) in [6, 6.07) is 2.54. The fourth-order valence-corrected chi connectivity index (χ4v) is 4.84. The minimum Gasteiger partial charge on any atom is -0.481 e. The largest absolute Gasteiger partial charge is 0.481 e. The number of guanidine groups is 1. The van der Waals surface area contributed by atoms with Gasteiger partial charge < -0.3 is 54.0 Å². The van der Waals surface area contributed by atoms with Crippen molar-refractivity contribution in [2.45, 2.75) is 96.4 Å². The van der Waals surface area contributed by atoms with Crippen molar-refractivity contribution in [1.82, 2.24) is 26.6 Å². The van der Waals surface area contributed by atoms with E-state index < -0.39 is 90.6 Å². The molecule has 0 aliphatic heterocycles. The van der Waals surface area contributed by atoms with Gasteiger partial charge in [-0.3, -0.25) is 33.8 Å². The monoisotopic (exact) mass is 719 g/mol. The van der Waals surface area contributed by atoms with Crippen LogP contribution < -0.4 is 43.8 Å². The summed E-state index contributed by atoms with van der Waals surface area (Å²) in [5.41, 5.74) is 17.5. The van der Waals surface area contributed by atoms with Crippen LogP contribution in [-0.4, -0.2) is 101 Å². The summed E-state index contributed by atoms with van der Waals surface area (Å²) in [4.78, 5) is 92.4. The third-order valence-corrected chi connectivity index (χ3v) is 7.78. The molecule has 0 aliphatic rings. The Bertz CT molecular complexity index is 1370. The number of carbonyl (C=O) groups is 7. The van der Waals surface area contributed by atoms with E-state index in [1.807, 2.05) is 0 Å². The molecule has 6 atom stereocenters. The van der Waals surface area contributed by atoms with Gasteiger partial charge in [0.15, 0.2) is 5.96 Å². The minimum absolute atomic E-state index is 0.0353. The molecule has 0 spiro atoms. The Morgan fingerprint density at radius 3 is 1.96 bits per heavy atom. The van der Waals surface area contributed by atoms with Crippen LogP contribution in [0.5, 0.6) is 0 Å². The molecule has 18 nitrogen and oxygen atoms in total. The molecule has 0 aromatic heterocycles. The van der Waals surface area contributed by atoms with E-state index in [0.29, 0.717) is 6.42 Å². The van der Waals surface area contributed by atoms with Crippen LogP contribution in [0.3, 0.4) is 0 Å². The molecule has 51 heavy (non-hydrogen) atoms. The molecule has 0 bridgehead atoms. The van der Waals surface area contributed by atoms with Gasteiger partial charge in [0.2, 0.25) is 29.5 Å². The lowest BCUT2D eigenvalue weighted by molar-refractivity contribution is -0.143. The Kier molecular flexibility index (Phi) is 19.3. The molecule has 18 heteroatoms. The lowest BCUT2D eigenvalue weighted by Crippen LogP contribution is -2.58. The number of aliphatic imine (C=N–C) groups is 1. The molecule has 284 valence electrons. The fourth-order valence-electron chi connectivity index (χ4n) is 4.84. The van der Waals surface area contributed by atoms with Gasteiger partial charge in [-0.1, -0.05) is 64.4 Å². The average Bonchev–Trinajstić information content (AvgIpc) is 3.06. The second-order valence-corrected chi connectivity index (χ2v) is 12.6. The molecular formula is C33H53N9O9. The standard InChI is InChI=1S/C33H53N9O9/c1-5-19(4)27(42-30(48)23(16-26(44)45)40-28(46)21(34)15-20-10-7-6-8-11-20)31(49)38-17-25(43)39-22(12-9-13-37-33(35)36)29(47)41-24(32(50)51)14-18(2)3/h6-8,10-11,18-19,21-24,27H,5,9,12-17,34H2,1-4H3,(H,38,49)(H,39,43)(H,40,46)(H,41,47)(H,42,48)(H,44,45)(H,50,51)(H4,35,36,37)/t19-,21-,22-,23-,24-,27-/m0/s1. The summed E-state index contributed by atoms with van der Waals surface area (Å²) >= 11 is 0. The van der Waals surface area contributed by atoms with Gasteiger partial charge in [0, 0.05) is 6.54 Å². The van der Waals surface area contributed by atoms with Gasteiger partial charge >= 0.3 is 11.9 Å².